The molecule has 0 fully saturated rings. The Hall–Kier alpha value is -0.990. The topological polar surface area (TPSA) is 25.2 Å². The maximum Gasteiger partial charge on any atom is 0.138 e. The molecule has 0 aliphatic carbocycles. The summed E-state index contributed by atoms with van der Waals surface area (Å²) in [6.45, 7) is 2.08. The Labute approximate surface area is 87.9 Å². The first-order valence-corrected chi connectivity index (χ1v) is 4.94. The van der Waals surface area contributed by atoms with E-state index in [1.165, 1.54) is 0 Å². The highest BCUT2D eigenvalue weighted by molar-refractivity contribution is 6.31. The standard InChI is InChI=1S/C11H12ClNO/c1-7(13-2)10-6-9(12)5-8-3-4-14-11(8)10/h3-7,13H,1-2H3. The van der Waals surface area contributed by atoms with Gasteiger partial charge < -0.3 is 9.73 Å². The fourth-order valence-electron chi connectivity index (χ4n) is 1.55. The molecule has 1 aromatic heterocycles. The molecule has 1 heterocycles. The van der Waals surface area contributed by atoms with Gasteiger partial charge in [0.25, 0.3) is 0 Å². The summed E-state index contributed by atoms with van der Waals surface area (Å²) >= 11 is 6.01. The van der Waals surface area contributed by atoms with Crippen molar-refractivity contribution in [3.05, 3.63) is 35.0 Å². The summed E-state index contributed by atoms with van der Waals surface area (Å²) < 4.78 is 5.43. The third kappa shape index (κ3) is 1.51. The van der Waals surface area contributed by atoms with Crippen molar-refractivity contribution in [2.75, 3.05) is 7.05 Å². The lowest BCUT2D eigenvalue weighted by Crippen LogP contribution is -2.12. The van der Waals surface area contributed by atoms with E-state index in [1.807, 2.05) is 25.2 Å². The maximum absolute atomic E-state index is 6.01. The summed E-state index contributed by atoms with van der Waals surface area (Å²) in [6.07, 6.45) is 1.69. The minimum absolute atomic E-state index is 0.238. The molecule has 2 rings (SSSR count). The average Bonchev–Trinajstić information content (AvgIpc) is 2.62. The number of benzene rings is 1. The lowest BCUT2D eigenvalue weighted by atomic mass is 10.1. The maximum atomic E-state index is 6.01. The summed E-state index contributed by atoms with van der Waals surface area (Å²) in [5.74, 6) is 0. The van der Waals surface area contributed by atoms with E-state index in [9.17, 15) is 0 Å². The van der Waals surface area contributed by atoms with Crippen LogP contribution in [0.2, 0.25) is 5.02 Å². The molecule has 1 unspecified atom stereocenters. The number of hydrogen-bond donors (Lipinski definition) is 1. The van der Waals surface area contributed by atoms with Crippen LogP contribution in [0.15, 0.2) is 28.9 Å². The molecule has 3 heteroatoms. The predicted octanol–water partition coefficient (Wildman–Crippen LogP) is 3.37. The lowest BCUT2D eigenvalue weighted by Gasteiger charge is -2.11. The van der Waals surface area contributed by atoms with Gasteiger partial charge in [0.2, 0.25) is 0 Å². The van der Waals surface area contributed by atoms with Crippen molar-refractivity contribution in [1.29, 1.82) is 0 Å². The molecular formula is C11H12ClNO. The van der Waals surface area contributed by atoms with E-state index in [0.717, 1.165) is 21.6 Å². The van der Waals surface area contributed by atoms with Gasteiger partial charge in [-0.25, -0.2) is 0 Å². The second-order valence-electron chi connectivity index (χ2n) is 3.34. The summed E-state index contributed by atoms with van der Waals surface area (Å²) in [6, 6.07) is 6.01. The van der Waals surface area contributed by atoms with Crippen LogP contribution < -0.4 is 5.32 Å². The highest BCUT2D eigenvalue weighted by Crippen LogP contribution is 2.28. The Morgan fingerprint density at radius 3 is 2.93 bits per heavy atom. The van der Waals surface area contributed by atoms with E-state index >= 15 is 0 Å². The van der Waals surface area contributed by atoms with Crippen molar-refractivity contribution < 1.29 is 4.42 Å². The molecule has 14 heavy (non-hydrogen) atoms. The Bertz CT molecular complexity index is 449. The molecule has 0 saturated carbocycles. The first kappa shape index (κ1) is 9.56. The number of furan rings is 1. The van der Waals surface area contributed by atoms with Gasteiger partial charge in [-0.05, 0) is 32.2 Å². The van der Waals surface area contributed by atoms with Crippen molar-refractivity contribution in [1.82, 2.24) is 5.32 Å². The number of rotatable bonds is 2. The molecule has 0 amide bonds. The highest BCUT2D eigenvalue weighted by Gasteiger charge is 2.11. The van der Waals surface area contributed by atoms with Crippen LogP contribution in [0, 0.1) is 0 Å². The molecule has 0 spiro atoms. The SMILES string of the molecule is CNC(C)c1cc(Cl)cc2ccoc12. The monoisotopic (exact) mass is 209 g/mol. The van der Waals surface area contributed by atoms with Gasteiger partial charge in [-0.2, -0.15) is 0 Å². The van der Waals surface area contributed by atoms with Gasteiger partial charge in [0, 0.05) is 22.0 Å². The van der Waals surface area contributed by atoms with Crippen molar-refractivity contribution in [3.8, 4) is 0 Å². The number of fused-ring (bicyclic) bond motifs is 1. The van der Waals surface area contributed by atoms with Crippen molar-refractivity contribution in [2.24, 2.45) is 0 Å². The Morgan fingerprint density at radius 1 is 1.43 bits per heavy atom. The molecule has 1 N–H and O–H groups in total. The van der Waals surface area contributed by atoms with Crippen LogP contribution in [-0.4, -0.2) is 7.05 Å². The van der Waals surface area contributed by atoms with Gasteiger partial charge in [0.15, 0.2) is 0 Å². The van der Waals surface area contributed by atoms with E-state index in [2.05, 4.69) is 12.2 Å². The third-order valence-corrected chi connectivity index (χ3v) is 2.66. The molecule has 0 bridgehead atoms. The Balaban J connectivity index is 2.66. The largest absolute Gasteiger partial charge is 0.464 e. The fraction of sp³-hybridized carbons (Fsp3) is 0.273. The van der Waals surface area contributed by atoms with Gasteiger partial charge in [-0.15, -0.1) is 0 Å². The molecular weight excluding hydrogens is 198 g/mol. The Kier molecular flexibility index (Phi) is 2.48. The molecule has 2 aromatic rings. The number of halogens is 1. The molecule has 0 aliphatic heterocycles. The molecule has 1 atom stereocenters. The summed E-state index contributed by atoms with van der Waals surface area (Å²) in [5.41, 5.74) is 2.01. The lowest BCUT2D eigenvalue weighted by molar-refractivity contribution is 0.589. The Morgan fingerprint density at radius 2 is 2.21 bits per heavy atom. The zero-order valence-corrected chi connectivity index (χ0v) is 8.93. The zero-order chi connectivity index (χ0) is 10.1. The van der Waals surface area contributed by atoms with Crippen LogP contribution >= 0.6 is 11.6 Å². The molecule has 2 nitrogen and oxygen atoms in total. The fourth-order valence-corrected chi connectivity index (χ4v) is 1.78. The summed E-state index contributed by atoms with van der Waals surface area (Å²) in [7, 11) is 1.92. The van der Waals surface area contributed by atoms with Crippen LogP contribution in [-0.2, 0) is 0 Å². The predicted molar refractivity (Wildman–Crippen MR) is 58.7 cm³/mol. The van der Waals surface area contributed by atoms with Crippen LogP contribution in [0.1, 0.15) is 18.5 Å². The van der Waals surface area contributed by atoms with Gasteiger partial charge in [-0.3, -0.25) is 0 Å². The minimum atomic E-state index is 0.238. The van der Waals surface area contributed by atoms with Gasteiger partial charge in [0.05, 0.1) is 6.26 Å². The second-order valence-corrected chi connectivity index (χ2v) is 3.78. The van der Waals surface area contributed by atoms with Crippen LogP contribution in [0.25, 0.3) is 11.0 Å². The molecule has 0 radical (unpaired) electrons. The minimum Gasteiger partial charge on any atom is -0.464 e. The molecule has 1 aromatic carbocycles. The van der Waals surface area contributed by atoms with E-state index in [-0.39, 0.29) is 6.04 Å². The van der Waals surface area contributed by atoms with E-state index < -0.39 is 0 Å². The van der Waals surface area contributed by atoms with Gasteiger partial charge in [0.1, 0.15) is 5.58 Å². The van der Waals surface area contributed by atoms with E-state index in [0.29, 0.717) is 0 Å². The molecule has 0 saturated heterocycles. The first-order chi connectivity index (χ1) is 6.72. The third-order valence-electron chi connectivity index (χ3n) is 2.44. The van der Waals surface area contributed by atoms with Gasteiger partial charge in [-0.1, -0.05) is 11.6 Å². The smallest absolute Gasteiger partial charge is 0.138 e. The molecule has 0 aliphatic rings. The van der Waals surface area contributed by atoms with Crippen LogP contribution in [0.5, 0.6) is 0 Å². The average molecular weight is 210 g/mol. The van der Waals surface area contributed by atoms with Gasteiger partial charge >= 0.3 is 0 Å². The summed E-state index contributed by atoms with van der Waals surface area (Å²) in [5, 5.41) is 4.97. The van der Waals surface area contributed by atoms with Crippen molar-refractivity contribution >= 4 is 22.6 Å². The number of hydrogen-bond acceptors (Lipinski definition) is 2. The first-order valence-electron chi connectivity index (χ1n) is 4.56. The quantitative estimate of drug-likeness (QED) is 0.821. The van der Waals surface area contributed by atoms with E-state index in [1.54, 1.807) is 6.26 Å². The van der Waals surface area contributed by atoms with Crippen molar-refractivity contribution in [3.63, 3.8) is 0 Å². The number of nitrogens with one attached hydrogen (secondary N) is 1. The van der Waals surface area contributed by atoms with Crippen LogP contribution in [0.3, 0.4) is 0 Å². The van der Waals surface area contributed by atoms with Crippen molar-refractivity contribution in [2.45, 2.75) is 13.0 Å². The zero-order valence-electron chi connectivity index (χ0n) is 8.17. The summed E-state index contributed by atoms with van der Waals surface area (Å²) in [4.78, 5) is 0. The highest BCUT2D eigenvalue weighted by atomic mass is 35.5. The second kappa shape index (κ2) is 3.64. The molecule has 74 valence electrons. The normalized spacial score (nSPS) is 13.4. The van der Waals surface area contributed by atoms with E-state index in [4.69, 9.17) is 16.0 Å². The van der Waals surface area contributed by atoms with Crippen LogP contribution in [0.4, 0.5) is 0 Å².